The molecule has 94 valence electrons. The number of rotatable bonds is 2. The molecule has 0 aromatic heterocycles. The van der Waals surface area contributed by atoms with E-state index >= 15 is 0 Å². The van der Waals surface area contributed by atoms with Gasteiger partial charge in [0, 0.05) is 0 Å². The van der Waals surface area contributed by atoms with Crippen molar-refractivity contribution in [3.8, 4) is 0 Å². The van der Waals surface area contributed by atoms with Crippen LogP contribution in [0.15, 0.2) is 34.3 Å². The highest BCUT2D eigenvalue weighted by Gasteiger charge is 2.20. The molecule has 1 aliphatic rings. The van der Waals surface area contributed by atoms with Crippen LogP contribution >= 0.6 is 0 Å². The first-order chi connectivity index (χ1) is 8.58. The van der Waals surface area contributed by atoms with E-state index in [1.54, 1.807) is 6.92 Å². The Kier molecular flexibility index (Phi) is 3.55. The lowest BCUT2D eigenvalue weighted by Crippen LogP contribution is -2.26. The normalized spacial score (nSPS) is 14.4. The fourth-order valence-electron chi connectivity index (χ4n) is 1.75. The first kappa shape index (κ1) is 12.5. The van der Waals surface area contributed by atoms with Gasteiger partial charge in [0.05, 0.1) is 24.0 Å². The van der Waals surface area contributed by atoms with Gasteiger partial charge < -0.3 is 4.74 Å². The van der Waals surface area contributed by atoms with E-state index in [2.05, 4.69) is 9.98 Å². The van der Waals surface area contributed by atoms with E-state index in [-0.39, 0.29) is 6.10 Å². The number of para-hydroxylation sites is 1. The SMILES string of the molecule is CC1=Nc2ccccc2CN=C1C(=O)OC(C)C. The molecule has 1 aliphatic heterocycles. The first-order valence-corrected chi connectivity index (χ1v) is 5.97. The van der Waals surface area contributed by atoms with Crippen LogP contribution in [0.1, 0.15) is 26.3 Å². The van der Waals surface area contributed by atoms with Gasteiger partial charge in [-0.05, 0) is 32.4 Å². The number of hydrogen-bond donors (Lipinski definition) is 0. The fourth-order valence-corrected chi connectivity index (χ4v) is 1.75. The van der Waals surface area contributed by atoms with E-state index in [1.807, 2.05) is 38.1 Å². The Morgan fingerprint density at radius 3 is 2.78 bits per heavy atom. The van der Waals surface area contributed by atoms with Crippen molar-refractivity contribution in [1.82, 2.24) is 0 Å². The predicted octanol–water partition coefficient (Wildman–Crippen LogP) is 2.69. The monoisotopic (exact) mass is 244 g/mol. The number of fused-ring (bicyclic) bond motifs is 1. The number of carbonyl (C=O) groups excluding carboxylic acids is 1. The molecule has 0 saturated carbocycles. The van der Waals surface area contributed by atoms with E-state index in [9.17, 15) is 4.79 Å². The molecule has 0 N–H and O–H groups in total. The zero-order valence-corrected chi connectivity index (χ0v) is 10.8. The van der Waals surface area contributed by atoms with Gasteiger partial charge in [-0.2, -0.15) is 0 Å². The summed E-state index contributed by atoms with van der Waals surface area (Å²) in [6.07, 6.45) is -0.154. The second-order valence-electron chi connectivity index (χ2n) is 4.44. The number of nitrogens with zero attached hydrogens (tertiary/aromatic N) is 2. The number of benzene rings is 1. The van der Waals surface area contributed by atoms with E-state index in [1.165, 1.54) is 0 Å². The Hall–Kier alpha value is -1.97. The maximum atomic E-state index is 11.9. The maximum Gasteiger partial charge on any atom is 0.358 e. The topological polar surface area (TPSA) is 51.0 Å². The number of ether oxygens (including phenoxy) is 1. The van der Waals surface area contributed by atoms with Crippen LogP contribution in [-0.2, 0) is 16.1 Å². The molecule has 0 aliphatic carbocycles. The lowest BCUT2D eigenvalue weighted by atomic mass is 10.2. The summed E-state index contributed by atoms with van der Waals surface area (Å²) in [4.78, 5) is 20.6. The average molecular weight is 244 g/mol. The highest BCUT2D eigenvalue weighted by molar-refractivity contribution is 6.65. The van der Waals surface area contributed by atoms with Crippen molar-refractivity contribution >= 4 is 23.1 Å². The van der Waals surface area contributed by atoms with Crippen LogP contribution in [0.4, 0.5) is 5.69 Å². The molecule has 0 fully saturated rings. The molecular formula is C14H16N2O2. The van der Waals surface area contributed by atoms with Crippen LogP contribution in [0.5, 0.6) is 0 Å². The van der Waals surface area contributed by atoms with Crippen molar-refractivity contribution in [3.63, 3.8) is 0 Å². The largest absolute Gasteiger partial charge is 0.458 e. The van der Waals surface area contributed by atoms with Gasteiger partial charge in [-0.3, -0.25) is 9.98 Å². The number of esters is 1. The van der Waals surface area contributed by atoms with E-state index < -0.39 is 5.97 Å². The second kappa shape index (κ2) is 5.12. The van der Waals surface area contributed by atoms with Gasteiger partial charge in [-0.1, -0.05) is 18.2 Å². The Morgan fingerprint density at radius 2 is 2.06 bits per heavy atom. The summed E-state index contributed by atoms with van der Waals surface area (Å²) in [5, 5.41) is 0. The molecule has 2 rings (SSSR count). The third-order valence-electron chi connectivity index (χ3n) is 2.57. The minimum absolute atomic E-state index is 0.154. The molecule has 0 bridgehead atoms. The van der Waals surface area contributed by atoms with E-state index in [0.717, 1.165) is 11.3 Å². The molecule has 18 heavy (non-hydrogen) atoms. The van der Waals surface area contributed by atoms with Crippen molar-refractivity contribution in [2.24, 2.45) is 9.98 Å². The minimum atomic E-state index is -0.404. The van der Waals surface area contributed by atoms with Crippen molar-refractivity contribution in [2.45, 2.75) is 33.4 Å². The van der Waals surface area contributed by atoms with Gasteiger partial charge in [0.15, 0.2) is 5.71 Å². The van der Waals surface area contributed by atoms with Gasteiger partial charge in [-0.25, -0.2) is 4.79 Å². The highest BCUT2D eigenvalue weighted by Crippen LogP contribution is 2.22. The molecule has 0 radical (unpaired) electrons. The summed E-state index contributed by atoms with van der Waals surface area (Å²) in [5.74, 6) is -0.404. The lowest BCUT2D eigenvalue weighted by molar-refractivity contribution is -0.138. The quantitative estimate of drug-likeness (QED) is 0.751. The van der Waals surface area contributed by atoms with Crippen LogP contribution in [0.3, 0.4) is 0 Å². The van der Waals surface area contributed by atoms with Crippen molar-refractivity contribution in [3.05, 3.63) is 29.8 Å². The molecule has 4 heteroatoms. The summed E-state index contributed by atoms with van der Waals surface area (Å²) in [7, 11) is 0. The minimum Gasteiger partial charge on any atom is -0.458 e. The van der Waals surface area contributed by atoms with Crippen LogP contribution in [0, 0.1) is 0 Å². The molecule has 0 saturated heterocycles. The van der Waals surface area contributed by atoms with Crippen LogP contribution in [-0.4, -0.2) is 23.5 Å². The van der Waals surface area contributed by atoms with Crippen molar-refractivity contribution in [1.29, 1.82) is 0 Å². The molecule has 0 unspecified atom stereocenters. The molecule has 0 spiro atoms. The Labute approximate surface area is 106 Å². The summed E-state index contributed by atoms with van der Waals surface area (Å²) >= 11 is 0. The van der Waals surface area contributed by atoms with Crippen LogP contribution in [0.25, 0.3) is 0 Å². The molecule has 1 aromatic carbocycles. The predicted molar refractivity (Wildman–Crippen MR) is 71.6 cm³/mol. The Morgan fingerprint density at radius 1 is 1.33 bits per heavy atom. The maximum absolute atomic E-state index is 11.9. The third-order valence-corrected chi connectivity index (χ3v) is 2.57. The summed E-state index contributed by atoms with van der Waals surface area (Å²) in [6, 6.07) is 7.75. The Balaban J connectivity index is 2.31. The van der Waals surface area contributed by atoms with Crippen LogP contribution in [0.2, 0.25) is 0 Å². The second-order valence-corrected chi connectivity index (χ2v) is 4.44. The summed E-state index contributed by atoms with van der Waals surface area (Å²) in [5.41, 5.74) is 2.81. The van der Waals surface area contributed by atoms with E-state index in [4.69, 9.17) is 4.74 Å². The van der Waals surface area contributed by atoms with Gasteiger partial charge >= 0.3 is 5.97 Å². The van der Waals surface area contributed by atoms with Gasteiger partial charge in [0.1, 0.15) is 0 Å². The number of aliphatic imine (C=N–C) groups is 2. The zero-order valence-electron chi connectivity index (χ0n) is 10.8. The van der Waals surface area contributed by atoms with Gasteiger partial charge in [-0.15, -0.1) is 0 Å². The standard InChI is InChI=1S/C14H16N2O2/c1-9(2)18-14(17)13-10(3)16-12-7-5-4-6-11(12)8-15-13/h4-7,9H,8H2,1-3H3. The number of hydrogen-bond acceptors (Lipinski definition) is 4. The number of carbonyl (C=O) groups is 1. The first-order valence-electron chi connectivity index (χ1n) is 5.97. The Bertz CT molecular complexity index is 530. The summed E-state index contributed by atoms with van der Waals surface area (Å²) in [6.45, 7) is 5.87. The smallest absolute Gasteiger partial charge is 0.358 e. The van der Waals surface area contributed by atoms with Crippen molar-refractivity contribution in [2.75, 3.05) is 0 Å². The zero-order chi connectivity index (χ0) is 13.1. The molecule has 4 nitrogen and oxygen atoms in total. The molecule has 1 aromatic rings. The molecule has 0 amide bonds. The highest BCUT2D eigenvalue weighted by atomic mass is 16.5. The molecular weight excluding hydrogens is 228 g/mol. The van der Waals surface area contributed by atoms with E-state index in [0.29, 0.717) is 18.0 Å². The third kappa shape index (κ3) is 2.64. The van der Waals surface area contributed by atoms with Gasteiger partial charge in [0.2, 0.25) is 0 Å². The molecule has 1 heterocycles. The lowest BCUT2D eigenvalue weighted by Gasteiger charge is -2.08. The fraction of sp³-hybridized carbons (Fsp3) is 0.357. The van der Waals surface area contributed by atoms with Crippen molar-refractivity contribution < 1.29 is 9.53 Å². The van der Waals surface area contributed by atoms with Crippen LogP contribution < -0.4 is 0 Å². The average Bonchev–Trinajstić information content (AvgIpc) is 2.46. The van der Waals surface area contributed by atoms with Gasteiger partial charge in [0.25, 0.3) is 0 Å². The summed E-state index contributed by atoms with van der Waals surface area (Å²) < 4.78 is 5.16. The molecule has 0 atom stereocenters.